The van der Waals surface area contributed by atoms with Gasteiger partial charge in [0.25, 0.3) is 5.91 Å². The number of likely N-dealkylation sites (tertiary alicyclic amines) is 1. The fourth-order valence-corrected chi connectivity index (χ4v) is 2.61. The molecule has 0 N–H and O–H groups in total. The van der Waals surface area contributed by atoms with E-state index in [1.54, 1.807) is 7.11 Å². The molecule has 15 heavy (non-hydrogen) atoms. The Morgan fingerprint density at radius 3 is 2.73 bits per heavy atom. The number of methoxy groups -OCH3 is 1. The highest BCUT2D eigenvalue weighted by Gasteiger charge is 2.19. The second-order valence-corrected chi connectivity index (χ2v) is 4.61. The lowest BCUT2D eigenvalue weighted by Gasteiger charge is -2.26. The maximum Gasteiger partial charge on any atom is 0.264 e. The number of nitrogens with zero attached hydrogens (tertiary/aromatic N) is 1. The first-order valence-corrected chi connectivity index (χ1v) is 6.11. The fraction of sp³-hybridized carbons (Fsp3) is 0.545. The van der Waals surface area contributed by atoms with Gasteiger partial charge in [-0.15, -0.1) is 11.3 Å². The molecule has 0 aromatic carbocycles. The van der Waals surface area contributed by atoms with Crippen LogP contribution in [0.3, 0.4) is 0 Å². The van der Waals surface area contributed by atoms with Crippen LogP contribution in [0.5, 0.6) is 5.75 Å². The average molecular weight is 225 g/mol. The fourth-order valence-electron chi connectivity index (χ4n) is 1.79. The van der Waals surface area contributed by atoms with E-state index >= 15 is 0 Å². The van der Waals surface area contributed by atoms with Gasteiger partial charge in [-0.25, -0.2) is 0 Å². The van der Waals surface area contributed by atoms with Gasteiger partial charge in [0.15, 0.2) is 0 Å². The van der Waals surface area contributed by atoms with Crippen LogP contribution >= 0.6 is 11.3 Å². The molecule has 0 radical (unpaired) electrons. The Hall–Kier alpha value is -1.03. The highest BCUT2D eigenvalue weighted by atomic mass is 32.1. The highest BCUT2D eigenvalue weighted by molar-refractivity contribution is 7.12. The maximum absolute atomic E-state index is 12.0. The third-order valence-electron chi connectivity index (χ3n) is 2.67. The summed E-state index contributed by atoms with van der Waals surface area (Å²) in [5.41, 5.74) is 0. The van der Waals surface area contributed by atoms with Crippen molar-refractivity contribution in [3.05, 3.63) is 16.3 Å². The Kier molecular flexibility index (Phi) is 3.26. The van der Waals surface area contributed by atoms with E-state index in [4.69, 9.17) is 4.74 Å². The number of hydrogen-bond acceptors (Lipinski definition) is 3. The molecule has 3 nitrogen and oxygen atoms in total. The van der Waals surface area contributed by atoms with Gasteiger partial charge in [-0.05, 0) is 19.3 Å². The van der Waals surface area contributed by atoms with Crippen LogP contribution in [0.2, 0.25) is 0 Å². The second-order valence-electron chi connectivity index (χ2n) is 3.70. The molecule has 1 aliphatic heterocycles. The smallest absolute Gasteiger partial charge is 0.264 e. The summed E-state index contributed by atoms with van der Waals surface area (Å²) >= 11 is 1.46. The summed E-state index contributed by atoms with van der Waals surface area (Å²) in [6.45, 7) is 1.80. The molecule has 0 saturated carbocycles. The molecule has 2 rings (SSSR count). The minimum atomic E-state index is 0.156. The summed E-state index contributed by atoms with van der Waals surface area (Å²) in [5, 5.41) is 1.87. The van der Waals surface area contributed by atoms with E-state index in [0.29, 0.717) is 0 Å². The lowest BCUT2D eigenvalue weighted by Crippen LogP contribution is -2.35. The molecule has 1 amide bonds. The van der Waals surface area contributed by atoms with Crippen LogP contribution in [0, 0.1) is 0 Å². The lowest BCUT2D eigenvalue weighted by atomic mass is 10.1. The number of carbonyl (C=O) groups excluding carboxylic acids is 1. The summed E-state index contributed by atoms with van der Waals surface area (Å²) in [6.07, 6.45) is 3.51. The molecule has 1 aromatic heterocycles. The van der Waals surface area contributed by atoms with Crippen molar-refractivity contribution in [3.63, 3.8) is 0 Å². The van der Waals surface area contributed by atoms with Gasteiger partial charge >= 0.3 is 0 Å². The predicted molar refractivity (Wildman–Crippen MR) is 60.6 cm³/mol. The van der Waals surface area contributed by atoms with Gasteiger partial charge in [0, 0.05) is 24.5 Å². The van der Waals surface area contributed by atoms with E-state index in [0.717, 1.165) is 36.6 Å². The number of carbonyl (C=O) groups is 1. The van der Waals surface area contributed by atoms with Crippen molar-refractivity contribution in [1.29, 1.82) is 0 Å². The molecular formula is C11H15NO2S. The van der Waals surface area contributed by atoms with Gasteiger partial charge in [-0.2, -0.15) is 0 Å². The van der Waals surface area contributed by atoms with E-state index in [2.05, 4.69) is 0 Å². The number of amides is 1. The van der Waals surface area contributed by atoms with E-state index in [1.165, 1.54) is 17.8 Å². The molecule has 0 spiro atoms. The van der Waals surface area contributed by atoms with Crippen LogP contribution in [-0.4, -0.2) is 31.0 Å². The number of piperidine rings is 1. The SMILES string of the molecule is COc1csc(C(=O)N2CCCCC2)c1. The lowest BCUT2D eigenvalue weighted by molar-refractivity contribution is 0.0729. The van der Waals surface area contributed by atoms with Crippen molar-refractivity contribution in [2.45, 2.75) is 19.3 Å². The van der Waals surface area contributed by atoms with Crippen molar-refractivity contribution in [3.8, 4) is 5.75 Å². The molecular weight excluding hydrogens is 210 g/mol. The average Bonchev–Trinajstić information content (AvgIpc) is 2.78. The van der Waals surface area contributed by atoms with Crippen molar-refractivity contribution < 1.29 is 9.53 Å². The topological polar surface area (TPSA) is 29.5 Å². The first kappa shape index (κ1) is 10.5. The van der Waals surface area contributed by atoms with Gasteiger partial charge in [0.05, 0.1) is 12.0 Å². The van der Waals surface area contributed by atoms with Gasteiger partial charge in [0.2, 0.25) is 0 Å². The van der Waals surface area contributed by atoms with Crippen LogP contribution in [0.25, 0.3) is 0 Å². The summed E-state index contributed by atoms with van der Waals surface area (Å²) < 4.78 is 5.07. The number of ether oxygens (including phenoxy) is 1. The standard InChI is InChI=1S/C11H15NO2S/c1-14-9-7-10(15-8-9)11(13)12-5-3-2-4-6-12/h7-8H,2-6H2,1H3. The maximum atomic E-state index is 12.0. The quantitative estimate of drug-likeness (QED) is 0.773. The Labute approximate surface area is 93.7 Å². The Morgan fingerprint density at radius 1 is 1.40 bits per heavy atom. The third-order valence-corrected chi connectivity index (χ3v) is 3.56. The second kappa shape index (κ2) is 4.66. The molecule has 0 atom stereocenters. The van der Waals surface area contributed by atoms with Crippen molar-refractivity contribution in [2.24, 2.45) is 0 Å². The van der Waals surface area contributed by atoms with Gasteiger partial charge in [0.1, 0.15) is 5.75 Å². The Bertz CT molecular complexity index is 342. The van der Waals surface area contributed by atoms with Crippen LogP contribution in [0.15, 0.2) is 11.4 Å². The molecule has 1 saturated heterocycles. The van der Waals surface area contributed by atoms with E-state index in [1.807, 2.05) is 16.3 Å². The van der Waals surface area contributed by atoms with Gasteiger partial charge < -0.3 is 9.64 Å². The molecule has 1 aromatic rings. The minimum absolute atomic E-state index is 0.156. The molecule has 0 unspecified atom stereocenters. The van der Waals surface area contributed by atoms with E-state index in [9.17, 15) is 4.79 Å². The van der Waals surface area contributed by atoms with Crippen molar-refractivity contribution in [2.75, 3.05) is 20.2 Å². The van der Waals surface area contributed by atoms with Crippen LogP contribution in [0.1, 0.15) is 28.9 Å². The third kappa shape index (κ3) is 2.31. The first-order chi connectivity index (χ1) is 7.31. The van der Waals surface area contributed by atoms with Gasteiger partial charge in [-0.1, -0.05) is 0 Å². The van der Waals surface area contributed by atoms with E-state index < -0.39 is 0 Å². The van der Waals surface area contributed by atoms with Crippen molar-refractivity contribution >= 4 is 17.2 Å². The Morgan fingerprint density at radius 2 is 2.13 bits per heavy atom. The number of hydrogen-bond donors (Lipinski definition) is 0. The normalized spacial score (nSPS) is 16.5. The predicted octanol–water partition coefficient (Wildman–Crippen LogP) is 2.38. The number of rotatable bonds is 2. The van der Waals surface area contributed by atoms with Crippen LogP contribution in [0.4, 0.5) is 0 Å². The zero-order chi connectivity index (χ0) is 10.7. The molecule has 1 aliphatic rings. The van der Waals surface area contributed by atoms with Crippen LogP contribution < -0.4 is 4.74 Å². The summed E-state index contributed by atoms with van der Waals surface area (Å²) in [4.78, 5) is 14.7. The summed E-state index contributed by atoms with van der Waals surface area (Å²) in [7, 11) is 1.62. The minimum Gasteiger partial charge on any atom is -0.496 e. The molecule has 4 heteroatoms. The zero-order valence-corrected chi connectivity index (χ0v) is 9.68. The molecule has 0 bridgehead atoms. The molecule has 1 fully saturated rings. The Balaban J connectivity index is 2.05. The molecule has 0 aliphatic carbocycles. The highest BCUT2D eigenvalue weighted by Crippen LogP contribution is 2.23. The molecule has 2 heterocycles. The van der Waals surface area contributed by atoms with Gasteiger partial charge in [-0.3, -0.25) is 4.79 Å². The largest absolute Gasteiger partial charge is 0.496 e. The van der Waals surface area contributed by atoms with Crippen LogP contribution in [-0.2, 0) is 0 Å². The van der Waals surface area contributed by atoms with E-state index in [-0.39, 0.29) is 5.91 Å². The zero-order valence-electron chi connectivity index (χ0n) is 8.86. The van der Waals surface area contributed by atoms with Crippen molar-refractivity contribution in [1.82, 2.24) is 4.90 Å². The number of thiophene rings is 1. The summed E-state index contributed by atoms with van der Waals surface area (Å²) in [5.74, 6) is 0.934. The first-order valence-electron chi connectivity index (χ1n) is 5.23. The monoisotopic (exact) mass is 225 g/mol. The molecule has 82 valence electrons. The summed E-state index contributed by atoms with van der Waals surface area (Å²) in [6, 6.07) is 1.82.